The van der Waals surface area contributed by atoms with E-state index in [1.807, 2.05) is 19.1 Å². The number of nitrogens with zero attached hydrogens (tertiary/aromatic N) is 2. The van der Waals surface area contributed by atoms with Gasteiger partial charge >= 0.3 is 0 Å². The average Bonchev–Trinajstić information content (AvgIpc) is 2.88. The van der Waals surface area contributed by atoms with Crippen molar-refractivity contribution in [2.24, 2.45) is 5.92 Å². The van der Waals surface area contributed by atoms with E-state index in [9.17, 15) is 0 Å². The average molecular weight is 419 g/mol. The topological polar surface area (TPSA) is 74.2 Å². The highest BCUT2D eigenvalue weighted by Crippen LogP contribution is 2.35. The molecule has 0 amide bonds. The van der Waals surface area contributed by atoms with Crippen molar-refractivity contribution in [1.82, 2.24) is 10.1 Å². The first-order valence-electron chi connectivity index (χ1n) is 6.64. The van der Waals surface area contributed by atoms with Crippen LogP contribution in [0.1, 0.15) is 32.7 Å². The summed E-state index contributed by atoms with van der Waals surface area (Å²) in [5.74, 6) is 1.18. The lowest BCUT2D eigenvalue weighted by Gasteiger charge is -2.16. The Kier molecular flexibility index (Phi) is 5.40. The molecule has 21 heavy (non-hydrogen) atoms. The molecule has 1 unspecified atom stereocenters. The molecule has 2 rings (SSSR count). The van der Waals surface area contributed by atoms with Gasteiger partial charge in [0.25, 0.3) is 5.89 Å². The van der Waals surface area contributed by atoms with Crippen molar-refractivity contribution in [1.29, 1.82) is 0 Å². The van der Waals surface area contributed by atoms with Crippen molar-refractivity contribution in [3.63, 3.8) is 0 Å². The first-order valence-corrected chi connectivity index (χ1v) is 8.22. The summed E-state index contributed by atoms with van der Waals surface area (Å²) in [4.78, 5) is 4.44. The predicted molar refractivity (Wildman–Crippen MR) is 88.8 cm³/mol. The predicted octanol–water partition coefficient (Wildman–Crippen LogP) is 4.58. The van der Waals surface area contributed by atoms with Crippen molar-refractivity contribution in [2.45, 2.75) is 26.9 Å². The summed E-state index contributed by atoms with van der Waals surface area (Å²) < 4.78 is 12.7. The highest BCUT2D eigenvalue weighted by atomic mass is 79.9. The molecule has 0 spiro atoms. The summed E-state index contributed by atoms with van der Waals surface area (Å²) in [5, 5.41) is 4.04. The van der Waals surface area contributed by atoms with Crippen LogP contribution in [0.4, 0.5) is 5.69 Å². The van der Waals surface area contributed by atoms with Gasteiger partial charge in [-0.15, -0.1) is 0 Å². The second-order valence-electron chi connectivity index (χ2n) is 4.93. The first-order chi connectivity index (χ1) is 9.93. The molecular weight excluding hydrogens is 402 g/mol. The minimum Gasteiger partial charge on any atom is -0.397 e. The number of benzene rings is 1. The van der Waals surface area contributed by atoms with Crippen molar-refractivity contribution in [2.75, 3.05) is 12.3 Å². The second kappa shape index (κ2) is 6.89. The van der Waals surface area contributed by atoms with Crippen molar-refractivity contribution >= 4 is 37.5 Å². The number of hydrogen-bond donors (Lipinski definition) is 1. The van der Waals surface area contributed by atoms with Crippen molar-refractivity contribution < 1.29 is 9.26 Å². The van der Waals surface area contributed by atoms with Crippen LogP contribution in [0.2, 0.25) is 0 Å². The van der Waals surface area contributed by atoms with Gasteiger partial charge in [0.2, 0.25) is 5.82 Å². The number of hydrogen-bond acceptors (Lipinski definition) is 5. The molecule has 0 aliphatic carbocycles. The molecule has 1 aromatic carbocycles. The minimum atomic E-state index is -0.190. The van der Waals surface area contributed by atoms with E-state index in [4.69, 9.17) is 15.0 Å². The Morgan fingerprint density at radius 3 is 2.67 bits per heavy atom. The molecule has 0 saturated heterocycles. The van der Waals surface area contributed by atoms with Gasteiger partial charge in [0, 0.05) is 15.6 Å². The fraction of sp³-hybridized carbons (Fsp3) is 0.429. The summed E-state index contributed by atoms with van der Waals surface area (Å²) in [6.07, 6.45) is -0.190. The van der Waals surface area contributed by atoms with E-state index in [2.05, 4.69) is 55.8 Å². The monoisotopic (exact) mass is 417 g/mol. The molecule has 0 fully saturated rings. The molecule has 2 aromatic rings. The fourth-order valence-corrected chi connectivity index (χ4v) is 3.19. The highest BCUT2D eigenvalue weighted by Gasteiger charge is 2.23. The lowest BCUT2D eigenvalue weighted by Crippen LogP contribution is -2.12. The maximum Gasteiger partial charge on any atom is 0.260 e. The zero-order valence-corrected chi connectivity index (χ0v) is 15.2. The molecule has 0 radical (unpaired) electrons. The van der Waals surface area contributed by atoms with Crippen LogP contribution in [-0.4, -0.2) is 16.7 Å². The second-order valence-corrected chi connectivity index (χ2v) is 6.70. The first kappa shape index (κ1) is 16.5. The fourth-order valence-electron chi connectivity index (χ4n) is 1.97. The van der Waals surface area contributed by atoms with Gasteiger partial charge in [0.05, 0.1) is 11.3 Å². The summed E-state index contributed by atoms with van der Waals surface area (Å²) in [6, 6.07) is 3.72. The third-order valence-corrected chi connectivity index (χ3v) is 4.09. The SMILES string of the molecule is CCOC(c1noc(-c2cc(Br)cc(Br)c2N)n1)C(C)C. The van der Waals surface area contributed by atoms with E-state index < -0.39 is 0 Å². The van der Waals surface area contributed by atoms with Gasteiger partial charge < -0.3 is 15.0 Å². The van der Waals surface area contributed by atoms with Crippen LogP contribution in [0.5, 0.6) is 0 Å². The zero-order valence-electron chi connectivity index (χ0n) is 12.1. The van der Waals surface area contributed by atoms with E-state index >= 15 is 0 Å². The number of aromatic nitrogens is 2. The lowest BCUT2D eigenvalue weighted by molar-refractivity contribution is 0.0217. The summed E-state index contributed by atoms with van der Waals surface area (Å²) in [6.45, 7) is 6.65. The van der Waals surface area contributed by atoms with Crippen molar-refractivity contribution in [3.05, 3.63) is 26.9 Å². The molecule has 0 aliphatic heterocycles. The van der Waals surface area contributed by atoms with Crippen LogP contribution in [-0.2, 0) is 4.74 Å². The van der Waals surface area contributed by atoms with Crippen LogP contribution in [0.15, 0.2) is 25.6 Å². The Labute approximate surface area is 140 Å². The van der Waals surface area contributed by atoms with Gasteiger partial charge in [-0.3, -0.25) is 0 Å². The summed E-state index contributed by atoms with van der Waals surface area (Å²) in [7, 11) is 0. The number of halogens is 2. The van der Waals surface area contributed by atoms with E-state index in [1.165, 1.54) is 0 Å². The van der Waals surface area contributed by atoms with E-state index in [0.717, 1.165) is 8.95 Å². The number of ether oxygens (including phenoxy) is 1. The molecule has 5 nitrogen and oxygen atoms in total. The molecule has 1 atom stereocenters. The standard InChI is InChI=1S/C14H17Br2N3O2/c1-4-20-12(7(2)3)13-18-14(21-19-13)9-5-8(15)6-10(16)11(9)17/h5-7,12H,4,17H2,1-3H3. The lowest BCUT2D eigenvalue weighted by atomic mass is 10.1. The van der Waals surface area contributed by atoms with Crippen molar-refractivity contribution in [3.8, 4) is 11.5 Å². The highest BCUT2D eigenvalue weighted by molar-refractivity contribution is 9.11. The molecule has 1 heterocycles. The number of anilines is 1. The molecule has 0 aliphatic rings. The van der Waals surface area contributed by atoms with E-state index in [1.54, 1.807) is 0 Å². The molecule has 1 aromatic heterocycles. The summed E-state index contributed by atoms with van der Waals surface area (Å²) >= 11 is 6.84. The largest absolute Gasteiger partial charge is 0.397 e. The van der Waals surface area contributed by atoms with Crippen LogP contribution < -0.4 is 5.73 Å². The maximum absolute atomic E-state index is 6.06. The molecule has 114 valence electrons. The van der Waals surface area contributed by atoms with Gasteiger partial charge in [-0.2, -0.15) is 4.98 Å². The third-order valence-electron chi connectivity index (χ3n) is 2.97. The van der Waals surface area contributed by atoms with Gasteiger partial charge in [0.15, 0.2) is 0 Å². The van der Waals surface area contributed by atoms with Crippen LogP contribution in [0.3, 0.4) is 0 Å². The smallest absolute Gasteiger partial charge is 0.260 e. The zero-order chi connectivity index (χ0) is 15.6. The van der Waals surface area contributed by atoms with Crippen LogP contribution >= 0.6 is 31.9 Å². The quantitative estimate of drug-likeness (QED) is 0.719. The van der Waals surface area contributed by atoms with E-state index in [0.29, 0.717) is 29.6 Å². The van der Waals surface area contributed by atoms with E-state index in [-0.39, 0.29) is 12.0 Å². The molecular formula is C14H17Br2N3O2. The van der Waals surface area contributed by atoms with Crippen LogP contribution in [0.25, 0.3) is 11.5 Å². The van der Waals surface area contributed by atoms with Gasteiger partial charge in [0.1, 0.15) is 6.10 Å². The van der Waals surface area contributed by atoms with Crippen LogP contribution in [0, 0.1) is 5.92 Å². The molecule has 2 N–H and O–H groups in total. The van der Waals surface area contributed by atoms with Gasteiger partial charge in [-0.1, -0.05) is 34.9 Å². The Bertz CT molecular complexity index is 629. The Morgan fingerprint density at radius 2 is 2.05 bits per heavy atom. The van der Waals surface area contributed by atoms with Gasteiger partial charge in [-0.25, -0.2) is 0 Å². The number of nitrogens with two attached hydrogens (primary N) is 1. The van der Waals surface area contributed by atoms with Gasteiger partial charge in [-0.05, 0) is 40.9 Å². The third kappa shape index (κ3) is 3.64. The number of nitrogen functional groups attached to an aromatic ring is 1. The molecule has 7 heteroatoms. The minimum absolute atomic E-state index is 0.190. The number of rotatable bonds is 5. The Morgan fingerprint density at radius 1 is 1.33 bits per heavy atom. The molecule has 0 saturated carbocycles. The Hall–Kier alpha value is -0.920. The normalized spacial score (nSPS) is 12.9. The Balaban J connectivity index is 2.40. The maximum atomic E-state index is 6.06. The summed E-state index contributed by atoms with van der Waals surface area (Å²) in [5.41, 5.74) is 7.31. The molecule has 0 bridgehead atoms.